The highest BCUT2D eigenvalue weighted by atomic mass is 35.5. The Morgan fingerprint density at radius 2 is 1.38 bits per heavy atom. The van der Waals surface area contributed by atoms with E-state index in [9.17, 15) is 22.4 Å². The molecule has 32 heavy (non-hydrogen) atoms. The highest BCUT2D eigenvalue weighted by Gasteiger charge is 2.29. The van der Waals surface area contributed by atoms with Crippen LogP contribution in [-0.4, -0.2) is 73.6 Å². The zero-order valence-electron chi connectivity index (χ0n) is 17.3. The Balaban J connectivity index is 1.38. The SMILES string of the molecule is O=C(c1ccc(S(=O)(=O)N2CCCC2)cc1)N1CCN(C(=O)c2ccc(F)cc2Cl)CC1. The molecule has 4 rings (SSSR count). The van der Waals surface area contributed by atoms with E-state index in [1.807, 2.05) is 0 Å². The van der Waals surface area contributed by atoms with Gasteiger partial charge < -0.3 is 9.80 Å². The van der Waals surface area contributed by atoms with E-state index in [-0.39, 0.29) is 27.3 Å². The van der Waals surface area contributed by atoms with Crippen molar-refractivity contribution in [2.75, 3.05) is 39.3 Å². The second kappa shape index (κ2) is 9.17. The number of amides is 2. The number of rotatable bonds is 4. The lowest BCUT2D eigenvalue weighted by molar-refractivity contribution is 0.0535. The Labute approximate surface area is 191 Å². The smallest absolute Gasteiger partial charge is 0.255 e. The molecular weight excluding hydrogens is 457 g/mol. The van der Waals surface area contributed by atoms with Crippen molar-refractivity contribution in [1.29, 1.82) is 0 Å². The largest absolute Gasteiger partial charge is 0.335 e. The number of benzene rings is 2. The predicted octanol–water partition coefficient (Wildman–Crippen LogP) is 2.86. The fraction of sp³-hybridized carbons (Fsp3) is 0.364. The van der Waals surface area contributed by atoms with Crippen molar-refractivity contribution in [2.24, 2.45) is 0 Å². The summed E-state index contributed by atoms with van der Waals surface area (Å²) in [5, 5.41) is 0.0532. The third kappa shape index (κ3) is 4.51. The van der Waals surface area contributed by atoms with Crippen molar-refractivity contribution in [3.8, 4) is 0 Å². The molecule has 2 aromatic rings. The molecule has 10 heteroatoms. The molecule has 0 aliphatic carbocycles. The van der Waals surface area contributed by atoms with Crippen LogP contribution in [-0.2, 0) is 10.0 Å². The average molecular weight is 480 g/mol. The summed E-state index contributed by atoms with van der Waals surface area (Å²) in [5.41, 5.74) is 0.620. The molecule has 2 amide bonds. The molecule has 0 saturated carbocycles. The highest BCUT2D eigenvalue weighted by Crippen LogP contribution is 2.23. The summed E-state index contributed by atoms with van der Waals surface area (Å²) >= 11 is 5.99. The Kier molecular flexibility index (Phi) is 6.50. The molecule has 170 valence electrons. The lowest BCUT2D eigenvalue weighted by atomic mass is 10.1. The van der Waals surface area contributed by atoms with Gasteiger partial charge in [-0.3, -0.25) is 9.59 Å². The molecule has 0 spiro atoms. The number of halogens is 2. The van der Waals surface area contributed by atoms with Crippen LogP contribution in [0.5, 0.6) is 0 Å². The molecule has 2 aliphatic rings. The maximum Gasteiger partial charge on any atom is 0.255 e. The van der Waals surface area contributed by atoms with E-state index >= 15 is 0 Å². The van der Waals surface area contributed by atoms with E-state index in [1.165, 1.54) is 40.7 Å². The van der Waals surface area contributed by atoms with Gasteiger partial charge in [-0.2, -0.15) is 4.31 Å². The van der Waals surface area contributed by atoms with Gasteiger partial charge in [0, 0.05) is 44.8 Å². The predicted molar refractivity (Wildman–Crippen MR) is 118 cm³/mol. The van der Waals surface area contributed by atoms with E-state index in [0.717, 1.165) is 18.9 Å². The molecule has 0 atom stereocenters. The third-order valence-corrected chi connectivity index (χ3v) is 8.05. The first-order valence-electron chi connectivity index (χ1n) is 10.4. The van der Waals surface area contributed by atoms with Gasteiger partial charge in [0.1, 0.15) is 5.82 Å². The number of hydrogen-bond donors (Lipinski definition) is 0. The van der Waals surface area contributed by atoms with E-state index in [0.29, 0.717) is 44.8 Å². The van der Waals surface area contributed by atoms with Crippen molar-refractivity contribution in [2.45, 2.75) is 17.7 Å². The van der Waals surface area contributed by atoms with Crippen molar-refractivity contribution in [3.05, 3.63) is 64.4 Å². The van der Waals surface area contributed by atoms with Crippen molar-refractivity contribution >= 4 is 33.4 Å². The van der Waals surface area contributed by atoms with Gasteiger partial charge in [0.2, 0.25) is 10.0 Å². The number of carbonyl (C=O) groups excluding carboxylic acids is 2. The van der Waals surface area contributed by atoms with Gasteiger partial charge in [-0.15, -0.1) is 0 Å². The van der Waals surface area contributed by atoms with Gasteiger partial charge in [0.25, 0.3) is 11.8 Å². The fourth-order valence-electron chi connectivity index (χ4n) is 3.98. The molecular formula is C22H23ClFN3O4S. The fourth-order valence-corrected chi connectivity index (χ4v) is 5.74. The maximum atomic E-state index is 13.2. The topological polar surface area (TPSA) is 78.0 Å². The minimum atomic E-state index is -3.53. The van der Waals surface area contributed by atoms with Crippen molar-refractivity contribution in [1.82, 2.24) is 14.1 Å². The van der Waals surface area contributed by atoms with Crippen LogP contribution in [0.4, 0.5) is 4.39 Å². The molecule has 2 fully saturated rings. The Bertz CT molecular complexity index is 1130. The Morgan fingerprint density at radius 3 is 1.94 bits per heavy atom. The second-order valence-electron chi connectivity index (χ2n) is 7.84. The number of piperazine rings is 1. The van der Waals surface area contributed by atoms with Crippen LogP contribution in [0.3, 0.4) is 0 Å². The number of carbonyl (C=O) groups is 2. The van der Waals surface area contributed by atoms with E-state index in [2.05, 4.69) is 0 Å². The monoisotopic (exact) mass is 479 g/mol. The normalized spacial score (nSPS) is 17.6. The summed E-state index contributed by atoms with van der Waals surface area (Å²) in [6.07, 6.45) is 1.72. The lowest BCUT2D eigenvalue weighted by Crippen LogP contribution is -2.50. The van der Waals surface area contributed by atoms with Crippen LogP contribution in [0.15, 0.2) is 47.4 Å². The van der Waals surface area contributed by atoms with Gasteiger partial charge in [-0.1, -0.05) is 11.6 Å². The van der Waals surface area contributed by atoms with Gasteiger partial charge in [0.05, 0.1) is 15.5 Å². The summed E-state index contributed by atoms with van der Waals surface area (Å²) < 4.78 is 40.0. The average Bonchev–Trinajstić information content (AvgIpc) is 3.34. The Morgan fingerprint density at radius 1 is 0.812 bits per heavy atom. The first kappa shape index (κ1) is 22.7. The molecule has 7 nitrogen and oxygen atoms in total. The summed E-state index contributed by atoms with van der Waals surface area (Å²) in [7, 11) is -3.53. The summed E-state index contributed by atoms with van der Waals surface area (Å²) in [4.78, 5) is 28.9. The van der Waals surface area contributed by atoms with Gasteiger partial charge in [-0.25, -0.2) is 12.8 Å². The summed E-state index contributed by atoms with van der Waals surface area (Å²) in [6, 6.07) is 9.64. The molecule has 0 N–H and O–H groups in total. The van der Waals surface area contributed by atoms with Crippen LogP contribution < -0.4 is 0 Å². The van der Waals surface area contributed by atoms with Crippen LogP contribution in [0.2, 0.25) is 5.02 Å². The zero-order valence-corrected chi connectivity index (χ0v) is 18.9. The first-order chi connectivity index (χ1) is 15.3. The van der Waals surface area contributed by atoms with Crippen LogP contribution in [0.25, 0.3) is 0 Å². The molecule has 0 bridgehead atoms. The number of sulfonamides is 1. The first-order valence-corrected chi connectivity index (χ1v) is 12.2. The van der Waals surface area contributed by atoms with Crippen LogP contribution >= 0.6 is 11.6 Å². The second-order valence-corrected chi connectivity index (χ2v) is 10.2. The van der Waals surface area contributed by atoms with Crippen molar-refractivity contribution < 1.29 is 22.4 Å². The van der Waals surface area contributed by atoms with Gasteiger partial charge >= 0.3 is 0 Å². The molecule has 2 aromatic carbocycles. The van der Waals surface area contributed by atoms with Gasteiger partial charge in [0.15, 0.2) is 0 Å². The van der Waals surface area contributed by atoms with E-state index < -0.39 is 15.8 Å². The third-order valence-electron chi connectivity index (χ3n) is 5.82. The summed E-state index contributed by atoms with van der Waals surface area (Å²) in [6.45, 7) is 2.35. The van der Waals surface area contributed by atoms with E-state index in [4.69, 9.17) is 11.6 Å². The molecule has 2 heterocycles. The minimum absolute atomic E-state index is 0.0532. The number of nitrogens with zero attached hydrogens (tertiary/aromatic N) is 3. The van der Waals surface area contributed by atoms with E-state index in [1.54, 1.807) is 9.80 Å². The quantitative estimate of drug-likeness (QED) is 0.675. The molecule has 0 unspecified atom stereocenters. The van der Waals surface area contributed by atoms with Gasteiger partial charge in [-0.05, 0) is 55.3 Å². The maximum absolute atomic E-state index is 13.2. The highest BCUT2D eigenvalue weighted by molar-refractivity contribution is 7.89. The molecule has 2 aliphatic heterocycles. The zero-order chi connectivity index (χ0) is 22.9. The molecule has 2 saturated heterocycles. The van der Waals surface area contributed by atoms with Crippen LogP contribution in [0, 0.1) is 5.82 Å². The van der Waals surface area contributed by atoms with Crippen LogP contribution in [0.1, 0.15) is 33.6 Å². The van der Waals surface area contributed by atoms with Crippen molar-refractivity contribution in [3.63, 3.8) is 0 Å². The molecule has 0 aromatic heterocycles. The lowest BCUT2D eigenvalue weighted by Gasteiger charge is -2.35. The Hall–Kier alpha value is -2.49. The number of hydrogen-bond acceptors (Lipinski definition) is 4. The standard InChI is InChI=1S/C22H23ClFN3O4S/c23-20-15-17(24)5-8-19(20)22(29)26-13-11-25(12-14-26)21(28)16-3-6-18(7-4-16)32(30,31)27-9-1-2-10-27/h3-8,15H,1-2,9-14H2. The minimum Gasteiger partial charge on any atom is -0.335 e. The molecule has 0 radical (unpaired) electrons. The summed E-state index contributed by atoms with van der Waals surface area (Å²) in [5.74, 6) is -1.04.